The van der Waals surface area contributed by atoms with E-state index in [2.05, 4.69) is 10.2 Å². The van der Waals surface area contributed by atoms with E-state index in [9.17, 15) is 18.3 Å². The lowest BCUT2D eigenvalue weighted by Gasteiger charge is -2.15. The molecule has 1 aromatic heterocycles. The molecule has 3 rings (SSSR count). The third-order valence-corrected chi connectivity index (χ3v) is 6.17. The first-order valence-electron chi connectivity index (χ1n) is 10.7. The highest BCUT2D eigenvalue weighted by molar-refractivity contribution is 7.14. The largest absolute Gasteiger partial charge is 0.494 e. The predicted octanol–water partition coefficient (Wildman–Crippen LogP) is 5.82. The SMILES string of the molecule is C[C@H](CO)c1nnc(-c2ccc(OCCCCCOc3ccc(C#N)cc3)c(C(F)(F)F)c2)s1. The van der Waals surface area contributed by atoms with Gasteiger partial charge in [-0.2, -0.15) is 18.4 Å². The Labute approximate surface area is 199 Å². The van der Waals surface area contributed by atoms with Crippen LogP contribution in [0.3, 0.4) is 0 Å². The van der Waals surface area contributed by atoms with E-state index in [0.29, 0.717) is 39.9 Å². The Balaban J connectivity index is 1.51. The lowest BCUT2D eigenvalue weighted by Crippen LogP contribution is -2.10. The monoisotopic (exact) mass is 491 g/mol. The molecule has 1 N–H and O–H groups in total. The Hall–Kier alpha value is -3.16. The van der Waals surface area contributed by atoms with Crippen molar-refractivity contribution in [3.05, 3.63) is 58.6 Å². The van der Waals surface area contributed by atoms with Crippen LogP contribution < -0.4 is 9.47 Å². The highest BCUT2D eigenvalue weighted by Crippen LogP contribution is 2.39. The molecule has 10 heteroatoms. The minimum atomic E-state index is -4.58. The lowest BCUT2D eigenvalue weighted by atomic mass is 10.1. The number of nitrogens with zero attached hydrogens (tertiary/aromatic N) is 3. The van der Waals surface area contributed by atoms with Crippen molar-refractivity contribution in [1.29, 1.82) is 5.26 Å². The lowest BCUT2D eigenvalue weighted by molar-refractivity contribution is -0.138. The number of rotatable bonds is 11. The topological polar surface area (TPSA) is 88.3 Å². The zero-order valence-corrected chi connectivity index (χ0v) is 19.3. The molecule has 0 fully saturated rings. The number of aliphatic hydroxyl groups excluding tert-OH is 1. The van der Waals surface area contributed by atoms with E-state index in [0.717, 1.165) is 30.2 Å². The third-order valence-electron chi connectivity index (χ3n) is 4.97. The van der Waals surface area contributed by atoms with Gasteiger partial charge in [0.05, 0.1) is 37.0 Å². The number of benzene rings is 2. The van der Waals surface area contributed by atoms with E-state index in [1.54, 1.807) is 31.2 Å². The maximum Gasteiger partial charge on any atom is 0.419 e. The molecule has 6 nitrogen and oxygen atoms in total. The predicted molar refractivity (Wildman–Crippen MR) is 122 cm³/mol. The number of hydrogen-bond donors (Lipinski definition) is 1. The summed E-state index contributed by atoms with van der Waals surface area (Å²) < 4.78 is 51.9. The van der Waals surface area contributed by atoms with E-state index < -0.39 is 11.7 Å². The van der Waals surface area contributed by atoms with E-state index in [1.807, 2.05) is 6.07 Å². The quantitative estimate of drug-likeness (QED) is 0.340. The summed E-state index contributed by atoms with van der Waals surface area (Å²) in [6.07, 6.45) is -2.55. The molecular formula is C24H24F3N3O3S. The van der Waals surface area contributed by atoms with Gasteiger partial charge in [-0.15, -0.1) is 10.2 Å². The van der Waals surface area contributed by atoms with Crippen LogP contribution in [0.2, 0.25) is 0 Å². The van der Waals surface area contributed by atoms with Gasteiger partial charge in [-0.05, 0) is 61.7 Å². The van der Waals surface area contributed by atoms with Gasteiger partial charge in [0, 0.05) is 11.5 Å². The van der Waals surface area contributed by atoms with Crippen LogP contribution in [-0.4, -0.2) is 35.1 Å². The molecule has 0 spiro atoms. The molecule has 0 unspecified atom stereocenters. The van der Waals surface area contributed by atoms with E-state index in [-0.39, 0.29) is 24.9 Å². The fraction of sp³-hybridized carbons (Fsp3) is 0.375. The molecule has 0 aliphatic carbocycles. The minimum Gasteiger partial charge on any atom is -0.494 e. The van der Waals surface area contributed by atoms with Crippen molar-refractivity contribution in [3.63, 3.8) is 0 Å². The zero-order chi connectivity index (χ0) is 24.6. The standard InChI is InChI=1S/C24H24F3N3O3S/c1-16(15-31)22-29-30-23(34-22)18-7-10-21(20(13-18)24(25,26)27)33-12-4-2-3-11-32-19-8-5-17(14-28)6-9-19/h5-10,13,16,31H,2-4,11-12,15H2,1H3/t16-/m1/s1. The molecule has 0 amide bonds. The van der Waals surface area contributed by atoms with Gasteiger partial charge in [-0.3, -0.25) is 0 Å². The molecule has 0 saturated carbocycles. The Bertz CT molecular complexity index is 1110. The van der Waals surface area contributed by atoms with Crippen molar-refractivity contribution < 1.29 is 27.8 Å². The van der Waals surface area contributed by atoms with Crippen LogP contribution >= 0.6 is 11.3 Å². The number of halogens is 3. The Morgan fingerprint density at radius 2 is 1.74 bits per heavy atom. The normalized spacial score (nSPS) is 12.2. The second kappa shape index (κ2) is 11.8. The summed E-state index contributed by atoms with van der Waals surface area (Å²) in [6, 6.07) is 12.7. The summed E-state index contributed by atoms with van der Waals surface area (Å²) in [6.45, 7) is 2.27. The van der Waals surface area contributed by atoms with Crippen LogP contribution in [0.1, 0.15) is 48.2 Å². The first-order chi connectivity index (χ1) is 16.3. The van der Waals surface area contributed by atoms with Crippen LogP contribution in [0, 0.1) is 11.3 Å². The van der Waals surface area contributed by atoms with Gasteiger partial charge >= 0.3 is 6.18 Å². The third kappa shape index (κ3) is 6.92. The summed E-state index contributed by atoms with van der Waals surface area (Å²) in [5.74, 6) is 0.211. The number of aromatic nitrogens is 2. The molecule has 3 aromatic rings. The smallest absolute Gasteiger partial charge is 0.419 e. The van der Waals surface area contributed by atoms with Crippen molar-refractivity contribution in [2.75, 3.05) is 19.8 Å². The van der Waals surface area contributed by atoms with E-state index >= 15 is 0 Å². The van der Waals surface area contributed by atoms with Crippen molar-refractivity contribution in [2.45, 2.75) is 38.3 Å². The molecule has 2 aromatic carbocycles. The number of nitriles is 1. The van der Waals surface area contributed by atoms with Gasteiger partial charge in [0.15, 0.2) is 0 Å². The van der Waals surface area contributed by atoms with Crippen molar-refractivity contribution in [2.24, 2.45) is 0 Å². The molecule has 34 heavy (non-hydrogen) atoms. The minimum absolute atomic E-state index is 0.114. The second-order valence-corrected chi connectivity index (χ2v) is 8.64. The zero-order valence-electron chi connectivity index (χ0n) is 18.5. The Morgan fingerprint density at radius 3 is 2.38 bits per heavy atom. The second-order valence-electron chi connectivity index (χ2n) is 7.63. The molecular weight excluding hydrogens is 467 g/mol. The van der Waals surface area contributed by atoms with E-state index in [4.69, 9.17) is 14.7 Å². The van der Waals surface area contributed by atoms with Gasteiger partial charge in [0.25, 0.3) is 0 Å². The number of alkyl halides is 3. The summed E-state index contributed by atoms with van der Waals surface area (Å²) >= 11 is 1.16. The van der Waals surface area contributed by atoms with Gasteiger partial charge in [0.2, 0.25) is 0 Å². The van der Waals surface area contributed by atoms with Crippen LogP contribution in [0.25, 0.3) is 10.6 Å². The van der Waals surface area contributed by atoms with Gasteiger partial charge < -0.3 is 14.6 Å². The first-order valence-corrected chi connectivity index (χ1v) is 11.5. The van der Waals surface area contributed by atoms with Crippen molar-refractivity contribution in [1.82, 2.24) is 10.2 Å². The molecule has 1 atom stereocenters. The van der Waals surface area contributed by atoms with Gasteiger partial charge in [-0.1, -0.05) is 18.3 Å². The average Bonchev–Trinajstić information content (AvgIpc) is 3.33. The summed E-state index contributed by atoms with van der Waals surface area (Å²) in [5.41, 5.74) is -0.00487. The van der Waals surface area contributed by atoms with Crippen LogP contribution in [0.5, 0.6) is 11.5 Å². The average molecular weight is 492 g/mol. The molecule has 1 heterocycles. The number of unbranched alkanes of at least 4 members (excludes halogenated alkanes) is 2. The van der Waals surface area contributed by atoms with Crippen molar-refractivity contribution >= 4 is 11.3 Å². The number of hydrogen-bond acceptors (Lipinski definition) is 7. The molecule has 0 radical (unpaired) electrons. The van der Waals surface area contributed by atoms with Gasteiger partial charge in [-0.25, -0.2) is 0 Å². The first kappa shape index (κ1) is 25.5. The molecule has 180 valence electrons. The highest BCUT2D eigenvalue weighted by Gasteiger charge is 2.35. The Kier molecular flexibility index (Phi) is 8.85. The van der Waals surface area contributed by atoms with Crippen molar-refractivity contribution in [3.8, 4) is 28.1 Å². The number of ether oxygens (including phenoxy) is 2. The molecule has 0 aliphatic rings. The van der Waals surface area contributed by atoms with Gasteiger partial charge in [0.1, 0.15) is 21.5 Å². The molecule has 0 bridgehead atoms. The highest BCUT2D eigenvalue weighted by atomic mass is 32.1. The fourth-order valence-corrected chi connectivity index (χ4v) is 3.90. The Morgan fingerprint density at radius 1 is 1.03 bits per heavy atom. The molecule has 0 saturated heterocycles. The molecule has 0 aliphatic heterocycles. The summed E-state index contributed by atoms with van der Waals surface area (Å²) in [7, 11) is 0. The van der Waals surface area contributed by atoms with Crippen LogP contribution in [0.15, 0.2) is 42.5 Å². The van der Waals surface area contributed by atoms with Crippen LogP contribution in [0.4, 0.5) is 13.2 Å². The summed E-state index contributed by atoms with van der Waals surface area (Å²) in [4.78, 5) is 0. The maximum absolute atomic E-state index is 13.6. The van der Waals surface area contributed by atoms with E-state index in [1.165, 1.54) is 12.1 Å². The number of aliphatic hydroxyl groups is 1. The van der Waals surface area contributed by atoms with Crippen LogP contribution in [-0.2, 0) is 6.18 Å². The maximum atomic E-state index is 13.6. The fourth-order valence-electron chi connectivity index (χ4n) is 3.02. The summed E-state index contributed by atoms with van der Waals surface area (Å²) in [5, 5.41) is 26.9.